The maximum atomic E-state index is 14.3. The van der Waals surface area contributed by atoms with E-state index in [4.69, 9.17) is 4.74 Å². The third kappa shape index (κ3) is 3.95. The highest BCUT2D eigenvalue weighted by Crippen LogP contribution is 2.53. The highest BCUT2D eigenvalue weighted by molar-refractivity contribution is 6.05. The average Bonchev–Trinajstić information content (AvgIpc) is 3.22. The summed E-state index contributed by atoms with van der Waals surface area (Å²) >= 11 is 0. The van der Waals surface area contributed by atoms with Gasteiger partial charge in [-0.3, -0.25) is 14.4 Å². The molecule has 4 heterocycles. The summed E-state index contributed by atoms with van der Waals surface area (Å²) in [5, 5.41) is 9.52. The van der Waals surface area contributed by atoms with Crippen LogP contribution >= 0.6 is 0 Å². The van der Waals surface area contributed by atoms with Crippen LogP contribution in [0, 0.1) is 11.8 Å². The highest BCUT2D eigenvalue weighted by atomic mass is 16.5. The molecule has 198 valence electrons. The van der Waals surface area contributed by atoms with Gasteiger partial charge in [0.2, 0.25) is 11.8 Å². The second-order valence-corrected chi connectivity index (χ2v) is 10.1. The zero-order chi connectivity index (χ0) is 26.3. The van der Waals surface area contributed by atoms with Gasteiger partial charge in [0, 0.05) is 57.8 Å². The first-order valence-electron chi connectivity index (χ1n) is 13.2. The Morgan fingerprint density at radius 3 is 2.43 bits per heavy atom. The van der Waals surface area contributed by atoms with Crippen molar-refractivity contribution in [2.75, 3.05) is 56.2 Å². The molecule has 5 rings (SSSR count). The maximum absolute atomic E-state index is 14.3. The van der Waals surface area contributed by atoms with E-state index >= 15 is 0 Å². The van der Waals surface area contributed by atoms with Gasteiger partial charge in [-0.1, -0.05) is 24.3 Å². The minimum absolute atomic E-state index is 0.105. The molecule has 1 N–H and O–H groups in total. The van der Waals surface area contributed by atoms with Gasteiger partial charge in [-0.2, -0.15) is 0 Å². The minimum atomic E-state index is -1.24. The molecule has 5 atom stereocenters. The van der Waals surface area contributed by atoms with Gasteiger partial charge in [-0.05, 0) is 44.5 Å². The quantitative estimate of drug-likeness (QED) is 0.560. The van der Waals surface area contributed by atoms with Crippen molar-refractivity contribution in [1.82, 2.24) is 9.80 Å². The van der Waals surface area contributed by atoms with Crippen molar-refractivity contribution in [3.05, 3.63) is 48.6 Å². The van der Waals surface area contributed by atoms with Crippen LogP contribution in [0.3, 0.4) is 0 Å². The fraction of sp³-hybridized carbons (Fsp3) is 0.536. The number of ether oxygens (including phenoxy) is 1. The monoisotopic (exact) mass is 508 g/mol. The van der Waals surface area contributed by atoms with E-state index in [1.807, 2.05) is 48.6 Å². The van der Waals surface area contributed by atoms with Crippen molar-refractivity contribution in [2.45, 2.75) is 38.0 Å². The van der Waals surface area contributed by atoms with Crippen LogP contribution in [-0.2, 0) is 19.1 Å². The molecule has 3 amide bonds. The maximum Gasteiger partial charge on any atom is 0.253 e. The van der Waals surface area contributed by atoms with Crippen LogP contribution in [0.2, 0.25) is 0 Å². The van der Waals surface area contributed by atoms with Crippen LogP contribution < -0.4 is 9.80 Å². The fourth-order valence-corrected chi connectivity index (χ4v) is 6.41. The first-order valence-corrected chi connectivity index (χ1v) is 13.2. The first-order chi connectivity index (χ1) is 17.9. The van der Waals surface area contributed by atoms with E-state index in [0.717, 1.165) is 24.5 Å². The lowest BCUT2D eigenvalue weighted by molar-refractivity contribution is -0.143. The van der Waals surface area contributed by atoms with Gasteiger partial charge in [0.05, 0.1) is 17.9 Å². The van der Waals surface area contributed by atoms with Crippen LogP contribution in [0.25, 0.3) is 0 Å². The lowest BCUT2D eigenvalue weighted by Gasteiger charge is -2.35. The third-order valence-corrected chi connectivity index (χ3v) is 8.21. The summed E-state index contributed by atoms with van der Waals surface area (Å²) in [6, 6.07) is 6.97. The topological polar surface area (TPSA) is 93.6 Å². The molecule has 37 heavy (non-hydrogen) atoms. The van der Waals surface area contributed by atoms with Gasteiger partial charge in [0.15, 0.2) is 0 Å². The Morgan fingerprint density at radius 2 is 1.76 bits per heavy atom. The zero-order valence-corrected chi connectivity index (χ0v) is 21.7. The average molecular weight is 509 g/mol. The van der Waals surface area contributed by atoms with E-state index in [2.05, 4.69) is 18.7 Å². The number of aliphatic hydroxyl groups excluding tert-OH is 1. The van der Waals surface area contributed by atoms with Gasteiger partial charge < -0.3 is 29.4 Å². The van der Waals surface area contributed by atoms with Crippen LogP contribution in [0.15, 0.2) is 48.6 Å². The number of fused-ring (bicyclic) bond motifs is 2. The van der Waals surface area contributed by atoms with Gasteiger partial charge in [0.25, 0.3) is 5.91 Å². The number of hydrogen-bond acceptors (Lipinski definition) is 6. The molecule has 1 aromatic rings. The number of amides is 3. The number of nitrogens with zero attached hydrogens (tertiary/aromatic N) is 4. The lowest BCUT2D eigenvalue weighted by Crippen LogP contribution is -2.55. The van der Waals surface area contributed by atoms with E-state index in [1.165, 1.54) is 4.90 Å². The molecule has 2 fully saturated rings. The number of rotatable bonds is 7. The summed E-state index contributed by atoms with van der Waals surface area (Å²) < 4.78 is 6.57. The summed E-state index contributed by atoms with van der Waals surface area (Å²) in [6.07, 6.45) is 7.23. The van der Waals surface area contributed by atoms with Crippen LogP contribution in [-0.4, -0.2) is 96.8 Å². The molecular weight excluding hydrogens is 472 g/mol. The van der Waals surface area contributed by atoms with Crippen molar-refractivity contribution in [3.63, 3.8) is 0 Å². The van der Waals surface area contributed by atoms with Crippen LogP contribution in [0.5, 0.6) is 0 Å². The number of anilines is 2. The second-order valence-electron chi connectivity index (χ2n) is 10.1. The van der Waals surface area contributed by atoms with Crippen molar-refractivity contribution in [3.8, 4) is 0 Å². The Hall–Kier alpha value is -3.17. The normalized spacial score (nSPS) is 30.8. The second kappa shape index (κ2) is 9.95. The smallest absolute Gasteiger partial charge is 0.253 e. The Morgan fingerprint density at radius 1 is 1.03 bits per heavy atom. The molecule has 9 heteroatoms. The molecule has 0 bridgehead atoms. The minimum Gasteiger partial charge on any atom is -0.396 e. The third-order valence-electron chi connectivity index (χ3n) is 8.21. The molecular formula is C28H36N4O5. The van der Waals surface area contributed by atoms with Crippen LogP contribution in [0.4, 0.5) is 11.4 Å². The fourth-order valence-electron chi connectivity index (χ4n) is 6.41. The number of benzene rings is 1. The molecule has 2 saturated heterocycles. The summed E-state index contributed by atoms with van der Waals surface area (Å²) in [6.45, 7) is 6.87. The van der Waals surface area contributed by atoms with Crippen molar-refractivity contribution >= 4 is 29.1 Å². The Labute approximate surface area is 217 Å². The molecule has 4 aliphatic heterocycles. The molecule has 1 unspecified atom stereocenters. The van der Waals surface area contributed by atoms with E-state index < -0.39 is 29.6 Å². The first kappa shape index (κ1) is 25.5. The SMILES string of the molecule is CCN(CC)c1ccc(N2CC=C[C@]34O[C@H]5C=CCN(C)C(=O)[C@H]5[C@H]3C(=O)N(CCCO)C4C2=O)cc1. The zero-order valence-electron chi connectivity index (χ0n) is 21.7. The van der Waals surface area contributed by atoms with Crippen molar-refractivity contribution in [2.24, 2.45) is 11.8 Å². The molecule has 9 nitrogen and oxygen atoms in total. The number of aliphatic hydroxyl groups is 1. The molecule has 1 spiro atoms. The van der Waals surface area contributed by atoms with Gasteiger partial charge in [-0.25, -0.2) is 0 Å². The molecule has 1 aromatic carbocycles. The van der Waals surface area contributed by atoms with E-state index in [1.54, 1.807) is 16.8 Å². The highest BCUT2D eigenvalue weighted by Gasteiger charge is 2.71. The Kier molecular flexibility index (Phi) is 6.85. The van der Waals surface area contributed by atoms with Gasteiger partial charge in [-0.15, -0.1) is 0 Å². The predicted molar refractivity (Wildman–Crippen MR) is 140 cm³/mol. The van der Waals surface area contributed by atoms with Gasteiger partial charge in [0.1, 0.15) is 11.6 Å². The number of carbonyl (C=O) groups is 3. The summed E-state index contributed by atoms with van der Waals surface area (Å²) in [4.78, 5) is 48.6. The Bertz CT molecular complexity index is 1110. The van der Waals surface area contributed by atoms with Gasteiger partial charge >= 0.3 is 0 Å². The predicted octanol–water partition coefficient (Wildman–Crippen LogP) is 1.43. The summed E-state index contributed by atoms with van der Waals surface area (Å²) in [7, 11) is 1.72. The largest absolute Gasteiger partial charge is 0.396 e. The Balaban J connectivity index is 1.54. The number of hydrogen-bond donors (Lipinski definition) is 1. The molecule has 0 aromatic heterocycles. The number of likely N-dealkylation sites (tertiary alicyclic amines) is 1. The van der Waals surface area contributed by atoms with E-state index in [9.17, 15) is 19.5 Å². The van der Waals surface area contributed by atoms with Crippen molar-refractivity contribution < 1.29 is 24.2 Å². The standard InChI is InChI=1S/C28H36N4O5/c1-4-30(5-2)19-10-12-20(13-11-19)31-16-7-14-28-23(22-21(37-28)9-6-15-29(3)25(22)34)26(35)32(17-8-18-33)24(28)27(31)36/h6-7,9-14,21-24,33H,4-5,8,15-18H2,1-3H3/t21-,22+,23-,24?,28-/m0/s1. The van der Waals surface area contributed by atoms with E-state index in [-0.39, 0.29) is 30.9 Å². The lowest BCUT2D eigenvalue weighted by atomic mass is 9.77. The molecule has 4 aliphatic rings. The number of carbonyl (C=O) groups excluding carboxylic acids is 3. The molecule has 0 radical (unpaired) electrons. The molecule has 0 saturated carbocycles. The van der Waals surface area contributed by atoms with Crippen molar-refractivity contribution in [1.29, 1.82) is 0 Å². The molecule has 0 aliphatic carbocycles. The van der Waals surface area contributed by atoms with E-state index in [0.29, 0.717) is 19.5 Å². The van der Waals surface area contributed by atoms with Crippen LogP contribution in [0.1, 0.15) is 20.3 Å². The summed E-state index contributed by atoms with van der Waals surface area (Å²) in [5.41, 5.74) is 0.577. The summed E-state index contributed by atoms with van der Waals surface area (Å²) in [5.74, 6) is -2.16. The number of likely N-dealkylation sites (N-methyl/N-ethyl adjacent to an activating group) is 1.